The highest BCUT2D eigenvalue weighted by molar-refractivity contribution is 5.55. The lowest BCUT2D eigenvalue weighted by Crippen LogP contribution is -1.83. The number of allylic oxidation sites excluding steroid dienone is 1. The van der Waals surface area contributed by atoms with Crippen molar-refractivity contribution in [3.8, 4) is 17.2 Å². The summed E-state index contributed by atoms with van der Waals surface area (Å²) in [6.07, 6.45) is 4.30. The van der Waals surface area contributed by atoms with Gasteiger partial charge in [-0.25, -0.2) is 0 Å². The second-order valence-electron chi connectivity index (χ2n) is 3.96. The zero-order valence-corrected chi connectivity index (χ0v) is 9.74. The van der Waals surface area contributed by atoms with Crippen molar-refractivity contribution in [2.75, 3.05) is 0 Å². The molecule has 0 saturated heterocycles. The molecular weight excluding hydrogens is 228 g/mol. The number of phenols is 3. The first-order valence-corrected chi connectivity index (χ1v) is 5.63. The topological polar surface area (TPSA) is 60.7 Å². The summed E-state index contributed by atoms with van der Waals surface area (Å²) in [4.78, 5) is 0. The second-order valence-corrected chi connectivity index (χ2v) is 3.96. The summed E-state index contributed by atoms with van der Waals surface area (Å²) < 4.78 is 0. The summed E-state index contributed by atoms with van der Waals surface area (Å²) in [7, 11) is 0. The van der Waals surface area contributed by atoms with Crippen molar-refractivity contribution in [2.45, 2.75) is 6.42 Å². The third-order valence-electron chi connectivity index (χ3n) is 2.66. The van der Waals surface area contributed by atoms with E-state index in [9.17, 15) is 15.3 Å². The van der Waals surface area contributed by atoms with E-state index in [1.807, 2.05) is 42.5 Å². The summed E-state index contributed by atoms with van der Waals surface area (Å²) in [5, 5.41) is 28.2. The highest BCUT2D eigenvalue weighted by Gasteiger charge is 2.09. The van der Waals surface area contributed by atoms with Crippen molar-refractivity contribution >= 4 is 6.08 Å². The Hall–Kier alpha value is -2.42. The van der Waals surface area contributed by atoms with Crippen LogP contribution >= 0.6 is 0 Å². The van der Waals surface area contributed by atoms with Crippen LogP contribution in [0.15, 0.2) is 48.5 Å². The van der Waals surface area contributed by atoms with E-state index in [1.165, 1.54) is 6.07 Å². The van der Waals surface area contributed by atoms with E-state index in [0.717, 1.165) is 5.56 Å². The van der Waals surface area contributed by atoms with Crippen LogP contribution in [-0.4, -0.2) is 15.3 Å². The summed E-state index contributed by atoms with van der Waals surface area (Å²) in [6, 6.07) is 12.7. The molecule has 0 aliphatic heterocycles. The van der Waals surface area contributed by atoms with E-state index >= 15 is 0 Å². The van der Waals surface area contributed by atoms with Crippen LogP contribution in [-0.2, 0) is 6.42 Å². The molecule has 0 aliphatic carbocycles. The van der Waals surface area contributed by atoms with Gasteiger partial charge in [0.2, 0.25) is 5.75 Å². The maximum Gasteiger partial charge on any atom is 0.200 e. The van der Waals surface area contributed by atoms with E-state index < -0.39 is 5.75 Å². The predicted molar refractivity (Wildman–Crippen MR) is 70.6 cm³/mol. The Morgan fingerprint density at radius 1 is 0.833 bits per heavy atom. The number of hydrogen-bond acceptors (Lipinski definition) is 3. The van der Waals surface area contributed by atoms with Gasteiger partial charge in [-0.3, -0.25) is 0 Å². The first-order valence-electron chi connectivity index (χ1n) is 5.63. The Balaban J connectivity index is 2.12. The summed E-state index contributed by atoms with van der Waals surface area (Å²) in [6.45, 7) is 0. The molecule has 2 aromatic rings. The van der Waals surface area contributed by atoms with Gasteiger partial charge in [-0.15, -0.1) is 0 Å². The van der Waals surface area contributed by atoms with Crippen molar-refractivity contribution < 1.29 is 15.3 Å². The quantitative estimate of drug-likeness (QED) is 0.725. The van der Waals surface area contributed by atoms with Crippen molar-refractivity contribution in [3.63, 3.8) is 0 Å². The highest BCUT2D eigenvalue weighted by Crippen LogP contribution is 2.37. The van der Waals surface area contributed by atoms with E-state index in [2.05, 4.69) is 0 Å². The molecule has 2 aromatic carbocycles. The molecule has 0 aliphatic rings. The number of hydrogen-bond donors (Lipinski definition) is 3. The molecule has 0 atom stereocenters. The normalized spacial score (nSPS) is 10.9. The lowest BCUT2D eigenvalue weighted by atomic mass is 10.1. The van der Waals surface area contributed by atoms with Crippen LogP contribution in [0.3, 0.4) is 0 Å². The Kier molecular flexibility index (Phi) is 3.53. The van der Waals surface area contributed by atoms with Crippen molar-refractivity contribution in [2.24, 2.45) is 0 Å². The van der Waals surface area contributed by atoms with Gasteiger partial charge in [0.15, 0.2) is 11.5 Å². The first kappa shape index (κ1) is 12.0. The number of phenolic OH excluding ortho intramolecular Hbond substituents is 3. The van der Waals surface area contributed by atoms with Gasteiger partial charge >= 0.3 is 0 Å². The van der Waals surface area contributed by atoms with Crippen molar-refractivity contribution in [1.29, 1.82) is 0 Å². The Bertz CT molecular complexity index is 559. The van der Waals surface area contributed by atoms with E-state index in [-0.39, 0.29) is 11.5 Å². The average Bonchev–Trinajstić information content (AvgIpc) is 2.40. The molecule has 0 radical (unpaired) electrons. The maximum atomic E-state index is 9.63. The molecule has 2 rings (SSSR count). The number of aromatic hydroxyl groups is 3. The second kappa shape index (κ2) is 5.27. The lowest BCUT2D eigenvalue weighted by Gasteiger charge is -2.05. The molecule has 92 valence electrons. The first-order chi connectivity index (χ1) is 8.68. The van der Waals surface area contributed by atoms with E-state index in [0.29, 0.717) is 12.0 Å². The third-order valence-corrected chi connectivity index (χ3v) is 2.66. The standard InChI is InChI=1S/C15H14O3/c16-13-10-9-12(14(17)15(13)18)8-4-7-11-5-2-1-3-6-11/h1-7,9-10,16-18H,8H2. The minimum absolute atomic E-state index is 0.271. The molecule has 0 bridgehead atoms. The minimum atomic E-state index is -0.472. The zero-order valence-electron chi connectivity index (χ0n) is 9.74. The SMILES string of the molecule is Oc1ccc(CC=Cc2ccccc2)c(O)c1O. The molecule has 0 aromatic heterocycles. The van der Waals surface area contributed by atoms with Crippen LogP contribution < -0.4 is 0 Å². The van der Waals surface area contributed by atoms with Crippen LogP contribution in [0.5, 0.6) is 17.2 Å². The Morgan fingerprint density at radius 3 is 2.28 bits per heavy atom. The molecular formula is C15H14O3. The van der Waals surface area contributed by atoms with Crippen molar-refractivity contribution in [3.05, 3.63) is 59.7 Å². The number of rotatable bonds is 3. The Morgan fingerprint density at radius 2 is 1.56 bits per heavy atom. The Labute approximate surface area is 105 Å². The maximum absolute atomic E-state index is 9.63. The van der Waals surface area contributed by atoms with E-state index in [4.69, 9.17) is 0 Å². The number of benzene rings is 2. The largest absolute Gasteiger partial charge is 0.504 e. The smallest absolute Gasteiger partial charge is 0.200 e. The van der Waals surface area contributed by atoms with E-state index in [1.54, 1.807) is 6.07 Å². The predicted octanol–water partition coefficient (Wildman–Crippen LogP) is 3.06. The van der Waals surface area contributed by atoms with Gasteiger partial charge in [0, 0.05) is 5.56 Å². The molecule has 0 saturated carbocycles. The molecule has 18 heavy (non-hydrogen) atoms. The van der Waals surface area contributed by atoms with Gasteiger partial charge in [0.25, 0.3) is 0 Å². The highest BCUT2D eigenvalue weighted by atomic mass is 16.3. The van der Waals surface area contributed by atoms with Crippen LogP contribution in [0.2, 0.25) is 0 Å². The van der Waals surface area contributed by atoms with Gasteiger partial charge in [0.1, 0.15) is 0 Å². The molecule has 3 N–H and O–H groups in total. The summed E-state index contributed by atoms with van der Waals surface area (Å²) in [5.74, 6) is -1.06. The van der Waals surface area contributed by atoms with Gasteiger partial charge in [0.05, 0.1) is 0 Å². The molecule has 0 unspecified atom stereocenters. The third kappa shape index (κ3) is 2.63. The minimum Gasteiger partial charge on any atom is -0.504 e. The van der Waals surface area contributed by atoms with Gasteiger partial charge < -0.3 is 15.3 Å². The zero-order chi connectivity index (χ0) is 13.0. The van der Waals surface area contributed by atoms with Gasteiger partial charge in [-0.1, -0.05) is 48.6 Å². The fraction of sp³-hybridized carbons (Fsp3) is 0.0667. The monoisotopic (exact) mass is 242 g/mol. The van der Waals surface area contributed by atoms with Crippen LogP contribution in [0.4, 0.5) is 0 Å². The van der Waals surface area contributed by atoms with Crippen LogP contribution in [0.25, 0.3) is 6.08 Å². The average molecular weight is 242 g/mol. The molecule has 0 amide bonds. The van der Waals surface area contributed by atoms with Gasteiger partial charge in [-0.2, -0.15) is 0 Å². The molecule has 0 heterocycles. The van der Waals surface area contributed by atoms with Gasteiger partial charge in [-0.05, 0) is 18.1 Å². The molecule has 3 heteroatoms. The molecule has 3 nitrogen and oxygen atoms in total. The fourth-order valence-electron chi connectivity index (χ4n) is 1.66. The lowest BCUT2D eigenvalue weighted by molar-refractivity contribution is 0.365. The molecule has 0 fully saturated rings. The summed E-state index contributed by atoms with van der Waals surface area (Å²) >= 11 is 0. The fourth-order valence-corrected chi connectivity index (χ4v) is 1.66. The van der Waals surface area contributed by atoms with Crippen LogP contribution in [0.1, 0.15) is 11.1 Å². The summed E-state index contributed by atoms with van der Waals surface area (Å²) in [5.41, 5.74) is 1.64. The molecule has 0 spiro atoms. The van der Waals surface area contributed by atoms with Crippen molar-refractivity contribution in [1.82, 2.24) is 0 Å². The van der Waals surface area contributed by atoms with Crippen LogP contribution in [0, 0.1) is 0 Å².